The van der Waals surface area contributed by atoms with Crippen LogP contribution in [0, 0.1) is 0 Å². The molecule has 0 radical (unpaired) electrons. The summed E-state index contributed by atoms with van der Waals surface area (Å²) in [6.07, 6.45) is 1.33. The van der Waals surface area contributed by atoms with Crippen LogP contribution in [0.2, 0.25) is 0 Å². The van der Waals surface area contributed by atoms with Gasteiger partial charge >= 0.3 is 11.9 Å². The SMILES string of the molecule is Cn1cc(C(=O)OC(C)(C)C)c(C(=O)O)n1. The van der Waals surface area contributed by atoms with Gasteiger partial charge < -0.3 is 9.84 Å². The Kier molecular flexibility index (Phi) is 3.02. The monoisotopic (exact) mass is 226 g/mol. The molecule has 0 aliphatic carbocycles. The zero-order valence-corrected chi connectivity index (χ0v) is 9.64. The van der Waals surface area contributed by atoms with Crippen LogP contribution in [0.4, 0.5) is 0 Å². The third-order valence-electron chi connectivity index (χ3n) is 1.65. The second kappa shape index (κ2) is 3.96. The van der Waals surface area contributed by atoms with Gasteiger partial charge in [0.2, 0.25) is 0 Å². The van der Waals surface area contributed by atoms with Crippen molar-refractivity contribution in [1.29, 1.82) is 0 Å². The maximum atomic E-state index is 11.7. The van der Waals surface area contributed by atoms with E-state index in [1.807, 2.05) is 0 Å². The van der Waals surface area contributed by atoms with Crippen molar-refractivity contribution in [3.05, 3.63) is 17.5 Å². The Morgan fingerprint density at radius 2 is 2.00 bits per heavy atom. The zero-order valence-electron chi connectivity index (χ0n) is 9.64. The highest BCUT2D eigenvalue weighted by Gasteiger charge is 2.25. The molecular formula is C10H14N2O4. The highest BCUT2D eigenvalue weighted by molar-refractivity contribution is 6.01. The molecule has 0 aliphatic heterocycles. The first-order chi connectivity index (χ1) is 7.20. The first-order valence-electron chi connectivity index (χ1n) is 4.71. The van der Waals surface area contributed by atoms with E-state index in [4.69, 9.17) is 9.84 Å². The van der Waals surface area contributed by atoms with Gasteiger partial charge in [0, 0.05) is 13.2 Å². The summed E-state index contributed by atoms with van der Waals surface area (Å²) < 4.78 is 6.34. The highest BCUT2D eigenvalue weighted by Crippen LogP contribution is 2.14. The van der Waals surface area contributed by atoms with Crippen LogP contribution >= 0.6 is 0 Å². The van der Waals surface area contributed by atoms with Crippen LogP contribution in [0.1, 0.15) is 41.6 Å². The van der Waals surface area contributed by atoms with Crippen molar-refractivity contribution in [2.75, 3.05) is 0 Å². The van der Waals surface area contributed by atoms with E-state index < -0.39 is 17.5 Å². The molecule has 0 atom stereocenters. The first-order valence-corrected chi connectivity index (χ1v) is 4.71. The number of carbonyl (C=O) groups excluding carboxylic acids is 1. The third kappa shape index (κ3) is 2.82. The fourth-order valence-corrected chi connectivity index (χ4v) is 1.13. The molecule has 88 valence electrons. The fourth-order valence-electron chi connectivity index (χ4n) is 1.13. The number of ether oxygens (including phenoxy) is 1. The Hall–Kier alpha value is -1.85. The van der Waals surface area contributed by atoms with Crippen LogP contribution < -0.4 is 0 Å². The first kappa shape index (κ1) is 12.2. The summed E-state index contributed by atoms with van der Waals surface area (Å²) in [5.74, 6) is -1.93. The summed E-state index contributed by atoms with van der Waals surface area (Å²) >= 11 is 0. The number of carboxylic acids is 1. The Labute approximate surface area is 92.8 Å². The Balaban J connectivity index is 3.04. The molecule has 0 unspecified atom stereocenters. The largest absolute Gasteiger partial charge is 0.476 e. The number of nitrogens with zero attached hydrogens (tertiary/aromatic N) is 2. The molecule has 6 heteroatoms. The molecule has 6 nitrogen and oxygen atoms in total. The van der Waals surface area contributed by atoms with Gasteiger partial charge in [-0.15, -0.1) is 0 Å². The number of aryl methyl sites for hydroxylation is 1. The number of carboxylic acid groups (broad SMARTS) is 1. The Bertz CT molecular complexity index is 429. The van der Waals surface area contributed by atoms with Gasteiger partial charge in [0.15, 0.2) is 5.69 Å². The van der Waals surface area contributed by atoms with E-state index in [1.165, 1.54) is 10.9 Å². The van der Waals surface area contributed by atoms with Crippen molar-refractivity contribution < 1.29 is 19.4 Å². The van der Waals surface area contributed by atoms with E-state index in [0.29, 0.717) is 0 Å². The minimum Gasteiger partial charge on any atom is -0.476 e. The molecule has 1 N–H and O–H groups in total. The molecule has 0 aromatic carbocycles. The number of carbonyl (C=O) groups is 2. The van der Waals surface area contributed by atoms with Crippen LogP contribution in [0.3, 0.4) is 0 Å². The minimum absolute atomic E-state index is 0.0371. The maximum Gasteiger partial charge on any atom is 0.357 e. The molecule has 1 aromatic rings. The van der Waals surface area contributed by atoms with Gasteiger partial charge in [-0.25, -0.2) is 9.59 Å². The van der Waals surface area contributed by atoms with Crippen molar-refractivity contribution in [2.45, 2.75) is 26.4 Å². The third-order valence-corrected chi connectivity index (χ3v) is 1.65. The summed E-state index contributed by atoms with van der Waals surface area (Å²) in [6.45, 7) is 5.13. The average Bonchev–Trinajstić information content (AvgIpc) is 2.44. The standard InChI is InChI=1S/C10H14N2O4/c1-10(2,3)16-9(15)6-5-12(4)11-7(6)8(13)14/h5H,1-4H3,(H,13,14). The molecule has 0 bridgehead atoms. The van der Waals surface area contributed by atoms with E-state index in [-0.39, 0.29) is 11.3 Å². The van der Waals surface area contributed by atoms with Crippen LogP contribution in [-0.2, 0) is 11.8 Å². The minimum atomic E-state index is -1.25. The predicted octanol–water partition coefficient (Wildman–Crippen LogP) is 1.07. The normalized spacial score (nSPS) is 11.2. The van der Waals surface area contributed by atoms with Gasteiger partial charge in [-0.1, -0.05) is 0 Å². The van der Waals surface area contributed by atoms with Crippen LogP contribution in [0.5, 0.6) is 0 Å². The topological polar surface area (TPSA) is 81.4 Å². The average molecular weight is 226 g/mol. The zero-order chi connectivity index (χ0) is 12.5. The van der Waals surface area contributed by atoms with Crippen LogP contribution in [0.15, 0.2) is 6.20 Å². The Morgan fingerprint density at radius 1 is 1.44 bits per heavy atom. The number of hydrogen-bond acceptors (Lipinski definition) is 4. The second-order valence-electron chi connectivity index (χ2n) is 4.37. The van der Waals surface area contributed by atoms with Gasteiger partial charge in [0.05, 0.1) is 0 Å². The maximum absolute atomic E-state index is 11.7. The second-order valence-corrected chi connectivity index (χ2v) is 4.37. The van der Waals surface area contributed by atoms with Crippen LogP contribution in [0.25, 0.3) is 0 Å². The molecule has 1 rings (SSSR count). The molecule has 0 fully saturated rings. The summed E-state index contributed by atoms with van der Waals surface area (Å²) in [6, 6.07) is 0. The number of rotatable bonds is 2. The van der Waals surface area contributed by atoms with Crippen molar-refractivity contribution in [3.8, 4) is 0 Å². The van der Waals surface area contributed by atoms with Crippen molar-refractivity contribution in [2.24, 2.45) is 7.05 Å². The molecular weight excluding hydrogens is 212 g/mol. The van der Waals surface area contributed by atoms with Crippen LogP contribution in [-0.4, -0.2) is 32.4 Å². The fraction of sp³-hybridized carbons (Fsp3) is 0.500. The quantitative estimate of drug-likeness (QED) is 0.763. The van der Waals surface area contributed by atoms with Gasteiger partial charge in [-0.2, -0.15) is 5.10 Å². The number of hydrogen-bond donors (Lipinski definition) is 1. The lowest BCUT2D eigenvalue weighted by Gasteiger charge is -2.18. The van der Waals surface area contributed by atoms with E-state index >= 15 is 0 Å². The molecule has 0 saturated carbocycles. The Morgan fingerprint density at radius 3 is 2.44 bits per heavy atom. The van der Waals surface area contributed by atoms with E-state index in [1.54, 1.807) is 27.8 Å². The molecule has 0 saturated heterocycles. The van der Waals surface area contributed by atoms with E-state index in [0.717, 1.165) is 0 Å². The van der Waals surface area contributed by atoms with Crippen molar-refractivity contribution in [1.82, 2.24) is 9.78 Å². The summed E-state index contributed by atoms with van der Waals surface area (Å²) in [4.78, 5) is 22.5. The van der Waals surface area contributed by atoms with Crippen molar-refractivity contribution >= 4 is 11.9 Å². The summed E-state index contributed by atoms with van der Waals surface area (Å²) in [5.41, 5.74) is -0.996. The van der Waals surface area contributed by atoms with E-state index in [2.05, 4.69) is 5.10 Å². The van der Waals surface area contributed by atoms with Gasteiger partial charge in [-0.3, -0.25) is 4.68 Å². The summed E-state index contributed by atoms with van der Waals surface area (Å²) in [7, 11) is 1.54. The van der Waals surface area contributed by atoms with Gasteiger partial charge in [-0.05, 0) is 20.8 Å². The molecule has 0 amide bonds. The molecule has 16 heavy (non-hydrogen) atoms. The van der Waals surface area contributed by atoms with Gasteiger partial charge in [0.25, 0.3) is 0 Å². The molecule has 0 spiro atoms. The lowest BCUT2D eigenvalue weighted by molar-refractivity contribution is 0.00658. The molecule has 0 aliphatic rings. The predicted molar refractivity (Wildman–Crippen MR) is 55.3 cm³/mol. The number of esters is 1. The molecule has 1 heterocycles. The number of aromatic nitrogens is 2. The number of aromatic carboxylic acids is 1. The lowest BCUT2D eigenvalue weighted by Crippen LogP contribution is -2.24. The smallest absolute Gasteiger partial charge is 0.357 e. The molecule has 1 aromatic heterocycles. The van der Waals surface area contributed by atoms with Crippen molar-refractivity contribution in [3.63, 3.8) is 0 Å². The summed E-state index contributed by atoms with van der Waals surface area (Å²) in [5, 5.41) is 12.5. The van der Waals surface area contributed by atoms with E-state index in [9.17, 15) is 9.59 Å². The van der Waals surface area contributed by atoms with Gasteiger partial charge in [0.1, 0.15) is 11.2 Å². The highest BCUT2D eigenvalue weighted by atomic mass is 16.6. The lowest BCUT2D eigenvalue weighted by atomic mass is 10.2.